The molecule has 1 atom stereocenters. The molecule has 0 aromatic carbocycles. The highest BCUT2D eigenvalue weighted by molar-refractivity contribution is 4.96. The van der Waals surface area contributed by atoms with Crippen LogP contribution in [0.15, 0.2) is 17.2 Å². The molecule has 1 rings (SSSR count). The van der Waals surface area contributed by atoms with Crippen molar-refractivity contribution in [3.8, 4) is 0 Å². The summed E-state index contributed by atoms with van der Waals surface area (Å²) >= 11 is 0. The predicted molar refractivity (Wildman–Crippen MR) is 51.5 cm³/mol. The Hall–Kier alpha value is -1.16. The highest BCUT2D eigenvalue weighted by Gasteiger charge is 2.02. The van der Waals surface area contributed by atoms with E-state index in [0.717, 1.165) is 12.1 Å². The summed E-state index contributed by atoms with van der Waals surface area (Å²) in [6.07, 6.45) is 2.41. The molecule has 0 spiro atoms. The van der Waals surface area contributed by atoms with Gasteiger partial charge in [0.25, 0.3) is 5.56 Å². The van der Waals surface area contributed by atoms with Gasteiger partial charge in [0.05, 0.1) is 6.33 Å². The fourth-order valence-corrected chi connectivity index (χ4v) is 1.04. The van der Waals surface area contributed by atoms with Gasteiger partial charge in [-0.1, -0.05) is 6.92 Å². The summed E-state index contributed by atoms with van der Waals surface area (Å²) < 4.78 is 1.54. The van der Waals surface area contributed by atoms with Crippen molar-refractivity contribution in [1.82, 2.24) is 9.55 Å². The number of nitrogens with zero attached hydrogens (tertiary/aromatic N) is 2. The van der Waals surface area contributed by atoms with Crippen LogP contribution in [0.2, 0.25) is 0 Å². The van der Waals surface area contributed by atoms with Crippen molar-refractivity contribution in [3.05, 3.63) is 28.4 Å². The molecule has 0 saturated carbocycles. The smallest absolute Gasteiger partial charge is 0.253 e. The van der Waals surface area contributed by atoms with Gasteiger partial charge >= 0.3 is 0 Å². The van der Waals surface area contributed by atoms with Crippen molar-refractivity contribution in [2.24, 2.45) is 5.73 Å². The number of hydrogen-bond acceptors (Lipinski definition) is 3. The van der Waals surface area contributed by atoms with Crippen molar-refractivity contribution in [3.63, 3.8) is 0 Å². The molecule has 13 heavy (non-hydrogen) atoms. The number of hydrogen-bond donors (Lipinski definition) is 1. The fourth-order valence-electron chi connectivity index (χ4n) is 1.04. The molecule has 4 nitrogen and oxygen atoms in total. The Balaban J connectivity index is 2.84. The van der Waals surface area contributed by atoms with E-state index in [1.54, 1.807) is 17.8 Å². The zero-order valence-corrected chi connectivity index (χ0v) is 8.03. The highest BCUT2D eigenvalue weighted by atomic mass is 16.1. The lowest BCUT2D eigenvalue weighted by Crippen LogP contribution is -2.31. The van der Waals surface area contributed by atoms with E-state index in [4.69, 9.17) is 5.73 Å². The van der Waals surface area contributed by atoms with Gasteiger partial charge in [-0.25, -0.2) is 4.98 Å². The summed E-state index contributed by atoms with van der Waals surface area (Å²) in [6, 6.07) is 1.55. The molecule has 0 fully saturated rings. The van der Waals surface area contributed by atoms with Gasteiger partial charge in [-0.3, -0.25) is 9.36 Å². The van der Waals surface area contributed by atoms with Crippen LogP contribution in [-0.4, -0.2) is 15.6 Å². The SMILES string of the molecule is CCC(N)Cn1cnc(C)cc1=O. The maximum Gasteiger partial charge on any atom is 0.253 e. The van der Waals surface area contributed by atoms with E-state index in [9.17, 15) is 4.79 Å². The first kappa shape index (κ1) is 9.92. The molecular formula is C9H15N3O. The molecule has 0 radical (unpaired) electrons. The van der Waals surface area contributed by atoms with Crippen LogP contribution >= 0.6 is 0 Å². The molecule has 72 valence electrons. The minimum Gasteiger partial charge on any atom is -0.326 e. The summed E-state index contributed by atoms with van der Waals surface area (Å²) in [4.78, 5) is 15.4. The van der Waals surface area contributed by atoms with Gasteiger partial charge in [0.1, 0.15) is 0 Å². The Labute approximate surface area is 77.4 Å². The van der Waals surface area contributed by atoms with E-state index < -0.39 is 0 Å². The Morgan fingerprint density at radius 3 is 2.92 bits per heavy atom. The van der Waals surface area contributed by atoms with Gasteiger partial charge < -0.3 is 5.73 Å². The van der Waals surface area contributed by atoms with E-state index in [1.807, 2.05) is 6.92 Å². The van der Waals surface area contributed by atoms with E-state index in [1.165, 1.54) is 6.07 Å². The van der Waals surface area contributed by atoms with E-state index in [2.05, 4.69) is 4.98 Å². The topological polar surface area (TPSA) is 60.9 Å². The molecule has 0 amide bonds. The van der Waals surface area contributed by atoms with Gasteiger partial charge in [-0.2, -0.15) is 0 Å². The van der Waals surface area contributed by atoms with Crippen LogP contribution in [0.5, 0.6) is 0 Å². The predicted octanol–water partition coefficient (Wildman–Crippen LogP) is 0.289. The molecule has 2 N–H and O–H groups in total. The van der Waals surface area contributed by atoms with Crippen LogP contribution in [-0.2, 0) is 6.54 Å². The first-order chi connectivity index (χ1) is 6.13. The molecule has 0 aliphatic heterocycles. The second-order valence-electron chi connectivity index (χ2n) is 3.19. The second kappa shape index (κ2) is 4.18. The number of nitrogens with two attached hydrogens (primary N) is 1. The standard InChI is InChI=1S/C9H15N3O/c1-3-8(10)5-12-6-11-7(2)4-9(12)13/h4,6,8H,3,5,10H2,1-2H3. The largest absolute Gasteiger partial charge is 0.326 e. The van der Waals surface area contributed by atoms with Crippen LogP contribution in [0.3, 0.4) is 0 Å². The Bertz CT molecular complexity index is 332. The van der Waals surface area contributed by atoms with E-state index in [-0.39, 0.29) is 11.6 Å². The minimum atomic E-state index is -0.0311. The lowest BCUT2D eigenvalue weighted by molar-refractivity contribution is 0.520. The molecular weight excluding hydrogens is 166 g/mol. The fraction of sp³-hybridized carbons (Fsp3) is 0.556. The Morgan fingerprint density at radius 1 is 1.69 bits per heavy atom. The molecule has 0 bridgehead atoms. The summed E-state index contributed by atoms with van der Waals surface area (Å²) in [7, 11) is 0. The van der Waals surface area contributed by atoms with E-state index >= 15 is 0 Å². The average Bonchev–Trinajstić information content (AvgIpc) is 2.09. The first-order valence-corrected chi connectivity index (χ1v) is 4.42. The second-order valence-corrected chi connectivity index (χ2v) is 3.19. The lowest BCUT2D eigenvalue weighted by atomic mass is 10.2. The molecule has 4 heteroatoms. The van der Waals surface area contributed by atoms with Crippen molar-refractivity contribution in [1.29, 1.82) is 0 Å². The van der Waals surface area contributed by atoms with Crippen molar-refractivity contribution in [2.75, 3.05) is 0 Å². The van der Waals surface area contributed by atoms with Crippen molar-refractivity contribution in [2.45, 2.75) is 32.9 Å². The number of aromatic nitrogens is 2. The van der Waals surface area contributed by atoms with Gasteiger partial charge in [0.15, 0.2) is 0 Å². The van der Waals surface area contributed by atoms with Gasteiger partial charge in [-0.05, 0) is 13.3 Å². The van der Waals surface area contributed by atoms with Gasteiger partial charge in [-0.15, -0.1) is 0 Å². The zero-order chi connectivity index (χ0) is 9.84. The quantitative estimate of drug-likeness (QED) is 0.729. The van der Waals surface area contributed by atoms with E-state index in [0.29, 0.717) is 6.54 Å². The van der Waals surface area contributed by atoms with Crippen molar-refractivity contribution < 1.29 is 0 Å². The summed E-state index contributed by atoms with van der Waals surface area (Å²) in [5.74, 6) is 0. The van der Waals surface area contributed by atoms with Crippen LogP contribution in [0.25, 0.3) is 0 Å². The molecule has 1 aromatic rings. The third kappa shape index (κ3) is 2.66. The van der Waals surface area contributed by atoms with Gasteiger partial charge in [0.2, 0.25) is 0 Å². The maximum absolute atomic E-state index is 11.4. The van der Waals surface area contributed by atoms with Gasteiger partial charge in [0, 0.05) is 24.3 Å². The lowest BCUT2D eigenvalue weighted by Gasteiger charge is -2.10. The third-order valence-electron chi connectivity index (χ3n) is 1.97. The molecule has 1 unspecified atom stereocenters. The number of aryl methyl sites for hydroxylation is 1. The molecule has 0 aliphatic rings. The molecule has 0 aliphatic carbocycles. The Kier molecular flexibility index (Phi) is 3.19. The minimum absolute atomic E-state index is 0.0298. The summed E-state index contributed by atoms with van der Waals surface area (Å²) in [6.45, 7) is 4.34. The first-order valence-electron chi connectivity index (χ1n) is 4.42. The third-order valence-corrected chi connectivity index (χ3v) is 1.97. The highest BCUT2D eigenvalue weighted by Crippen LogP contribution is 1.91. The van der Waals surface area contributed by atoms with Crippen LogP contribution < -0.4 is 11.3 Å². The van der Waals surface area contributed by atoms with Crippen LogP contribution in [0, 0.1) is 6.92 Å². The Morgan fingerprint density at radius 2 is 2.38 bits per heavy atom. The average molecular weight is 181 g/mol. The monoisotopic (exact) mass is 181 g/mol. The summed E-state index contributed by atoms with van der Waals surface area (Å²) in [5, 5.41) is 0. The summed E-state index contributed by atoms with van der Waals surface area (Å²) in [5.41, 5.74) is 6.44. The van der Waals surface area contributed by atoms with Crippen LogP contribution in [0.4, 0.5) is 0 Å². The number of rotatable bonds is 3. The van der Waals surface area contributed by atoms with Crippen molar-refractivity contribution >= 4 is 0 Å². The normalized spacial score (nSPS) is 12.8. The molecule has 0 saturated heterocycles. The zero-order valence-electron chi connectivity index (χ0n) is 8.03. The molecule has 1 heterocycles. The maximum atomic E-state index is 11.4. The van der Waals surface area contributed by atoms with Crippen LogP contribution in [0.1, 0.15) is 19.0 Å². The molecule has 1 aromatic heterocycles.